The quantitative estimate of drug-likeness (QED) is 0.790. The summed E-state index contributed by atoms with van der Waals surface area (Å²) in [5.41, 5.74) is 1.18. The predicted octanol–water partition coefficient (Wildman–Crippen LogP) is 2.53. The van der Waals surface area contributed by atoms with Gasteiger partial charge < -0.3 is 10.4 Å². The van der Waals surface area contributed by atoms with Crippen molar-refractivity contribution in [1.29, 1.82) is 0 Å². The Morgan fingerprint density at radius 1 is 1.42 bits per heavy atom. The topological polar surface area (TPSA) is 66.4 Å². The zero-order chi connectivity index (χ0) is 13.8. The Morgan fingerprint density at radius 2 is 2.21 bits per heavy atom. The Kier molecular flexibility index (Phi) is 4.58. The van der Waals surface area contributed by atoms with Gasteiger partial charge in [-0.15, -0.1) is 0 Å². The van der Waals surface area contributed by atoms with Gasteiger partial charge in [0.25, 0.3) is 0 Å². The second-order valence-electron chi connectivity index (χ2n) is 4.79. The third-order valence-corrected chi connectivity index (χ3v) is 3.76. The molecule has 2 N–H and O–H groups in total. The van der Waals surface area contributed by atoms with Gasteiger partial charge in [-0.05, 0) is 36.5 Å². The Labute approximate surface area is 120 Å². The molecule has 0 spiro atoms. The van der Waals surface area contributed by atoms with Crippen molar-refractivity contribution >= 4 is 27.8 Å². The average Bonchev–Trinajstić information content (AvgIpc) is 3.14. The Balaban J connectivity index is 1.76. The molecule has 1 aromatic rings. The van der Waals surface area contributed by atoms with Gasteiger partial charge in [0.05, 0.1) is 0 Å². The van der Waals surface area contributed by atoms with Gasteiger partial charge in [0.2, 0.25) is 5.91 Å². The van der Waals surface area contributed by atoms with E-state index in [0.29, 0.717) is 18.9 Å². The van der Waals surface area contributed by atoms with Crippen LogP contribution in [0, 0.1) is 5.92 Å². The van der Waals surface area contributed by atoms with Gasteiger partial charge in [0.1, 0.15) is 0 Å². The highest BCUT2D eigenvalue weighted by Gasteiger charge is 2.43. The van der Waals surface area contributed by atoms with Gasteiger partial charge in [0, 0.05) is 23.4 Å². The summed E-state index contributed by atoms with van der Waals surface area (Å²) in [6.07, 6.45) is 1.45. The summed E-state index contributed by atoms with van der Waals surface area (Å²) in [4.78, 5) is 22.2. The molecule has 1 aliphatic carbocycles. The molecule has 0 aliphatic heterocycles. The first-order valence-electron chi connectivity index (χ1n) is 6.33. The van der Waals surface area contributed by atoms with E-state index < -0.39 is 5.97 Å². The molecule has 1 fully saturated rings. The van der Waals surface area contributed by atoms with Crippen molar-refractivity contribution in [2.24, 2.45) is 5.92 Å². The van der Waals surface area contributed by atoms with E-state index in [4.69, 9.17) is 5.11 Å². The number of benzene rings is 1. The third-order valence-electron chi connectivity index (χ3n) is 3.27. The van der Waals surface area contributed by atoms with Crippen LogP contribution in [0.4, 0.5) is 0 Å². The lowest BCUT2D eigenvalue weighted by molar-refractivity contribution is -0.137. The van der Waals surface area contributed by atoms with Crippen LogP contribution in [0.15, 0.2) is 28.7 Å². The molecule has 4 nitrogen and oxygen atoms in total. The fraction of sp³-hybridized carbons (Fsp3) is 0.429. The summed E-state index contributed by atoms with van der Waals surface area (Å²) in [6, 6.07) is 8.02. The molecular weight excluding hydrogens is 310 g/mol. The summed E-state index contributed by atoms with van der Waals surface area (Å²) in [7, 11) is 0. The number of halogens is 1. The lowest BCUT2D eigenvalue weighted by atomic mass is 10.1. The van der Waals surface area contributed by atoms with Crippen molar-refractivity contribution in [3.63, 3.8) is 0 Å². The van der Waals surface area contributed by atoms with Crippen LogP contribution in [-0.2, 0) is 9.59 Å². The first kappa shape index (κ1) is 14.1. The third kappa shape index (κ3) is 4.06. The minimum atomic E-state index is -0.826. The number of carbonyl (C=O) groups excluding carboxylic acids is 1. The molecule has 2 rings (SSSR count). The molecule has 1 aromatic carbocycles. The molecule has 0 radical (unpaired) electrons. The van der Waals surface area contributed by atoms with Crippen LogP contribution in [0.2, 0.25) is 0 Å². The number of hydrogen-bond donors (Lipinski definition) is 2. The standard InChI is InChI=1S/C14H16BrNO3/c15-10-4-1-3-9(7-10)11-8-12(11)14(19)16-6-2-5-13(17)18/h1,3-4,7,11-12H,2,5-6,8H2,(H,16,19)(H,17,18). The summed E-state index contributed by atoms with van der Waals surface area (Å²) in [6.45, 7) is 0.437. The number of aliphatic carboxylic acids is 1. The van der Waals surface area contributed by atoms with E-state index in [-0.39, 0.29) is 18.2 Å². The fourth-order valence-corrected chi connectivity index (χ4v) is 2.59. The van der Waals surface area contributed by atoms with Gasteiger partial charge in [-0.25, -0.2) is 0 Å². The van der Waals surface area contributed by atoms with Crippen LogP contribution >= 0.6 is 15.9 Å². The molecule has 2 unspecified atom stereocenters. The van der Waals surface area contributed by atoms with Gasteiger partial charge in [-0.3, -0.25) is 9.59 Å². The van der Waals surface area contributed by atoms with Crippen LogP contribution in [0.3, 0.4) is 0 Å². The van der Waals surface area contributed by atoms with Crippen molar-refractivity contribution in [1.82, 2.24) is 5.32 Å². The maximum Gasteiger partial charge on any atom is 0.303 e. The molecule has 5 heteroatoms. The van der Waals surface area contributed by atoms with E-state index >= 15 is 0 Å². The van der Waals surface area contributed by atoms with Crippen molar-refractivity contribution < 1.29 is 14.7 Å². The SMILES string of the molecule is O=C(O)CCCNC(=O)C1CC1c1cccc(Br)c1. The number of carboxylic acids is 1. The maximum absolute atomic E-state index is 11.8. The second-order valence-corrected chi connectivity index (χ2v) is 5.71. The molecular formula is C14H16BrNO3. The number of rotatable bonds is 6. The first-order valence-corrected chi connectivity index (χ1v) is 7.12. The Morgan fingerprint density at radius 3 is 2.89 bits per heavy atom. The first-order chi connectivity index (χ1) is 9.08. The second kappa shape index (κ2) is 6.19. The lowest BCUT2D eigenvalue weighted by Crippen LogP contribution is -2.26. The highest BCUT2D eigenvalue weighted by Crippen LogP contribution is 2.47. The van der Waals surface area contributed by atoms with E-state index in [2.05, 4.69) is 21.2 Å². The number of carbonyl (C=O) groups is 2. The van der Waals surface area contributed by atoms with E-state index in [0.717, 1.165) is 10.9 Å². The average molecular weight is 326 g/mol. The Bertz CT molecular complexity index is 489. The van der Waals surface area contributed by atoms with Crippen LogP contribution < -0.4 is 5.32 Å². The van der Waals surface area contributed by atoms with E-state index in [1.165, 1.54) is 5.56 Å². The fourth-order valence-electron chi connectivity index (χ4n) is 2.17. The van der Waals surface area contributed by atoms with E-state index in [1.54, 1.807) is 0 Å². The van der Waals surface area contributed by atoms with Crippen LogP contribution in [0.25, 0.3) is 0 Å². The van der Waals surface area contributed by atoms with Gasteiger partial charge in [-0.1, -0.05) is 28.1 Å². The highest BCUT2D eigenvalue weighted by molar-refractivity contribution is 9.10. The molecule has 102 valence electrons. The normalized spacial score (nSPS) is 20.9. The van der Waals surface area contributed by atoms with Crippen LogP contribution in [0.1, 0.15) is 30.7 Å². The number of hydrogen-bond acceptors (Lipinski definition) is 2. The molecule has 0 heterocycles. The van der Waals surface area contributed by atoms with E-state index in [9.17, 15) is 9.59 Å². The molecule has 1 saturated carbocycles. The molecule has 2 atom stereocenters. The maximum atomic E-state index is 11.8. The smallest absolute Gasteiger partial charge is 0.303 e. The van der Waals surface area contributed by atoms with Crippen molar-refractivity contribution in [2.75, 3.05) is 6.54 Å². The zero-order valence-corrected chi connectivity index (χ0v) is 12.0. The van der Waals surface area contributed by atoms with Crippen molar-refractivity contribution in [3.8, 4) is 0 Å². The molecule has 0 saturated heterocycles. The Hall–Kier alpha value is -1.36. The van der Waals surface area contributed by atoms with Crippen LogP contribution in [0.5, 0.6) is 0 Å². The molecule has 19 heavy (non-hydrogen) atoms. The van der Waals surface area contributed by atoms with Crippen molar-refractivity contribution in [3.05, 3.63) is 34.3 Å². The van der Waals surface area contributed by atoms with Crippen LogP contribution in [-0.4, -0.2) is 23.5 Å². The summed E-state index contributed by atoms with van der Waals surface area (Å²) in [5.74, 6) is -0.445. The lowest BCUT2D eigenvalue weighted by Gasteiger charge is -2.04. The van der Waals surface area contributed by atoms with Crippen molar-refractivity contribution in [2.45, 2.75) is 25.2 Å². The molecule has 0 aromatic heterocycles. The molecule has 1 amide bonds. The zero-order valence-electron chi connectivity index (χ0n) is 10.4. The van der Waals surface area contributed by atoms with Gasteiger partial charge >= 0.3 is 5.97 Å². The summed E-state index contributed by atoms with van der Waals surface area (Å²) >= 11 is 3.42. The van der Waals surface area contributed by atoms with E-state index in [1.807, 2.05) is 24.3 Å². The molecule has 1 aliphatic rings. The minimum Gasteiger partial charge on any atom is -0.481 e. The minimum absolute atomic E-state index is 0.0374. The number of amides is 1. The monoisotopic (exact) mass is 325 g/mol. The highest BCUT2D eigenvalue weighted by atomic mass is 79.9. The predicted molar refractivity (Wildman–Crippen MR) is 74.9 cm³/mol. The summed E-state index contributed by atoms with van der Waals surface area (Å²) < 4.78 is 1.03. The summed E-state index contributed by atoms with van der Waals surface area (Å²) in [5, 5.41) is 11.3. The number of nitrogens with one attached hydrogen (secondary N) is 1. The number of carboxylic acid groups (broad SMARTS) is 1. The van der Waals surface area contributed by atoms with Gasteiger partial charge in [0.15, 0.2) is 0 Å². The molecule has 0 bridgehead atoms. The largest absolute Gasteiger partial charge is 0.481 e. The van der Waals surface area contributed by atoms with Gasteiger partial charge in [-0.2, -0.15) is 0 Å².